The van der Waals surface area contributed by atoms with Crippen LogP contribution in [-0.4, -0.2) is 50.9 Å². The molecule has 208 valence electrons. The maximum atomic E-state index is 13.9. The lowest BCUT2D eigenvalue weighted by molar-refractivity contribution is -0.139. The van der Waals surface area contributed by atoms with E-state index in [0.717, 1.165) is 21.9 Å². The van der Waals surface area contributed by atoms with E-state index in [-0.39, 0.29) is 23.4 Å². The van der Waals surface area contributed by atoms with Crippen molar-refractivity contribution in [3.05, 3.63) is 90.0 Å². The first-order chi connectivity index (χ1) is 18.6. The molecule has 0 fully saturated rings. The lowest BCUT2D eigenvalue weighted by atomic mass is 10.1. The fourth-order valence-electron chi connectivity index (χ4n) is 4.01. The first-order valence-corrected chi connectivity index (χ1v) is 14.4. The van der Waals surface area contributed by atoms with E-state index < -0.39 is 28.5 Å². The summed E-state index contributed by atoms with van der Waals surface area (Å²) in [6.45, 7) is 7.01. The third kappa shape index (κ3) is 7.60. The van der Waals surface area contributed by atoms with Crippen molar-refractivity contribution >= 4 is 27.5 Å². The van der Waals surface area contributed by atoms with Gasteiger partial charge in [0.05, 0.1) is 17.7 Å². The van der Waals surface area contributed by atoms with E-state index in [2.05, 4.69) is 5.32 Å². The summed E-state index contributed by atoms with van der Waals surface area (Å²) in [7, 11) is -2.51. The van der Waals surface area contributed by atoms with Crippen molar-refractivity contribution in [2.75, 3.05) is 18.0 Å². The van der Waals surface area contributed by atoms with Gasteiger partial charge in [-0.1, -0.05) is 49.4 Å². The van der Waals surface area contributed by atoms with Crippen LogP contribution in [0.25, 0.3) is 0 Å². The van der Waals surface area contributed by atoms with Crippen LogP contribution >= 0.6 is 0 Å². The van der Waals surface area contributed by atoms with Crippen LogP contribution in [0.1, 0.15) is 38.3 Å². The molecular weight excluding hydrogens is 514 g/mol. The third-order valence-corrected chi connectivity index (χ3v) is 8.37. The van der Waals surface area contributed by atoms with Crippen molar-refractivity contribution in [3.63, 3.8) is 0 Å². The van der Waals surface area contributed by atoms with Gasteiger partial charge in [-0.25, -0.2) is 8.42 Å². The van der Waals surface area contributed by atoms with Gasteiger partial charge in [0, 0.05) is 12.6 Å². The van der Waals surface area contributed by atoms with Gasteiger partial charge in [0.25, 0.3) is 10.0 Å². The molecule has 0 saturated carbocycles. The number of hydrogen-bond acceptors (Lipinski definition) is 5. The van der Waals surface area contributed by atoms with Crippen molar-refractivity contribution in [1.29, 1.82) is 0 Å². The minimum Gasteiger partial charge on any atom is -0.497 e. The number of hydrogen-bond donors (Lipinski definition) is 1. The quantitative estimate of drug-likeness (QED) is 0.357. The molecule has 0 aliphatic carbocycles. The molecule has 1 N–H and O–H groups in total. The minimum absolute atomic E-state index is 0.0693. The van der Waals surface area contributed by atoms with E-state index in [4.69, 9.17) is 4.74 Å². The van der Waals surface area contributed by atoms with E-state index in [1.54, 1.807) is 62.6 Å². The Morgan fingerprint density at radius 1 is 0.949 bits per heavy atom. The van der Waals surface area contributed by atoms with Gasteiger partial charge in [-0.05, 0) is 74.7 Å². The molecule has 39 heavy (non-hydrogen) atoms. The van der Waals surface area contributed by atoms with Crippen molar-refractivity contribution in [3.8, 4) is 5.75 Å². The maximum Gasteiger partial charge on any atom is 0.264 e. The summed E-state index contributed by atoms with van der Waals surface area (Å²) in [5, 5.41) is 2.93. The molecule has 0 aromatic heterocycles. The van der Waals surface area contributed by atoms with Gasteiger partial charge in [0.15, 0.2) is 0 Å². The molecule has 3 rings (SSSR count). The Hall–Kier alpha value is -3.85. The molecule has 0 radical (unpaired) electrons. The smallest absolute Gasteiger partial charge is 0.264 e. The zero-order valence-corrected chi connectivity index (χ0v) is 23.9. The van der Waals surface area contributed by atoms with Gasteiger partial charge >= 0.3 is 0 Å². The fourth-order valence-corrected chi connectivity index (χ4v) is 5.43. The highest BCUT2D eigenvalue weighted by molar-refractivity contribution is 7.92. The number of carbonyl (C=O) groups is 2. The maximum absolute atomic E-state index is 13.9. The number of carbonyl (C=O) groups excluding carboxylic acids is 2. The Labute approximate surface area is 231 Å². The Morgan fingerprint density at radius 3 is 2.21 bits per heavy atom. The first kappa shape index (κ1) is 29.7. The lowest BCUT2D eigenvalue weighted by Crippen LogP contribution is -2.52. The van der Waals surface area contributed by atoms with Gasteiger partial charge in [0.1, 0.15) is 18.3 Å². The number of rotatable bonds is 12. The highest BCUT2D eigenvalue weighted by Gasteiger charge is 2.32. The van der Waals surface area contributed by atoms with Gasteiger partial charge in [-0.2, -0.15) is 0 Å². The van der Waals surface area contributed by atoms with Crippen molar-refractivity contribution in [2.24, 2.45) is 0 Å². The second-order valence-corrected chi connectivity index (χ2v) is 11.4. The molecule has 2 atom stereocenters. The van der Waals surface area contributed by atoms with E-state index in [0.29, 0.717) is 11.4 Å². The Kier molecular flexibility index (Phi) is 10.1. The molecule has 9 heteroatoms. The standard InChI is InChI=1S/C30H37N3O5S/c1-6-23(3)31-30(35)24(4)32(20-25-15-17-27(38-5)18-16-25)29(34)21-33(26-12-10-11-22(2)19-26)39(36,37)28-13-8-7-9-14-28/h7-19,23-24H,6,20-21H2,1-5H3,(H,31,35)/t23-,24+/m1/s1. The van der Waals surface area contributed by atoms with Crippen LogP contribution in [0.5, 0.6) is 5.75 Å². The van der Waals surface area contributed by atoms with E-state index in [9.17, 15) is 18.0 Å². The number of aryl methyl sites for hydroxylation is 1. The number of anilines is 1. The summed E-state index contributed by atoms with van der Waals surface area (Å²) in [5.41, 5.74) is 2.00. The van der Waals surface area contributed by atoms with Crippen molar-refractivity contribution in [2.45, 2.75) is 57.6 Å². The van der Waals surface area contributed by atoms with Crippen LogP contribution in [0.3, 0.4) is 0 Å². The zero-order valence-electron chi connectivity index (χ0n) is 23.1. The van der Waals surface area contributed by atoms with Crippen molar-refractivity contribution in [1.82, 2.24) is 10.2 Å². The molecule has 0 unspecified atom stereocenters. The molecule has 3 aromatic carbocycles. The number of amides is 2. The monoisotopic (exact) mass is 551 g/mol. The number of nitrogens with zero attached hydrogens (tertiary/aromatic N) is 2. The summed E-state index contributed by atoms with van der Waals surface area (Å²) >= 11 is 0. The molecule has 0 saturated heterocycles. The average Bonchev–Trinajstić information content (AvgIpc) is 2.94. The number of methoxy groups -OCH3 is 1. The van der Waals surface area contributed by atoms with Gasteiger partial charge in [-0.3, -0.25) is 13.9 Å². The topological polar surface area (TPSA) is 96.0 Å². The number of benzene rings is 3. The van der Waals surface area contributed by atoms with Crippen LogP contribution in [0.2, 0.25) is 0 Å². The molecule has 3 aromatic rings. The highest BCUT2D eigenvalue weighted by Crippen LogP contribution is 2.25. The summed E-state index contributed by atoms with van der Waals surface area (Å²) < 4.78 is 33.9. The lowest BCUT2D eigenvalue weighted by Gasteiger charge is -2.32. The van der Waals surface area contributed by atoms with E-state index in [1.165, 1.54) is 17.0 Å². The van der Waals surface area contributed by atoms with Crippen LogP contribution in [0, 0.1) is 6.92 Å². The fraction of sp³-hybridized carbons (Fsp3) is 0.333. The third-order valence-electron chi connectivity index (χ3n) is 6.58. The highest BCUT2D eigenvalue weighted by atomic mass is 32.2. The normalized spacial score (nSPS) is 12.7. The van der Waals surface area contributed by atoms with Gasteiger partial charge in [0.2, 0.25) is 11.8 Å². The summed E-state index contributed by atoms with van der Waals surface area (Å²) in [4.78, 5) is 28.5. The molecule has 0 bridgehead atoms. The summed E-state index contributed by atoms with van der Waals surface area (Å²) in [6, 6.07) is 21.3. The first-order valence-electron chi connectivity index (χ1n) is 12.9. The predicted octanol–water partition coefficient (Wildman–Crippen LogP) is 4.53. The summed E-state index contributed by atoms with van der Waals surface area (Å²) in [5.74, 6) is -0.142. The number of nitrogens with one attached hydrogen (secondary N) is 1. The minimum atomic E-state index is -4.08. The zero-order chi connectivity index (χ0) is 28.6. The van der Waals surface area contributed by atoms with E-state index in [1.807, 2.05) is 39.0 Å². The molecule has 8 nitrogen and oxygen atoms in total. The number of ether oxygens (including phenoxy) is 1. The molecule has 0 spiro atoms. The Bertz CT molecular complexity index is 1360. The van der Waals surface area contributed by atoms with Gasteiger partial charge < -0.3 is 15.0 Å². The molecule has 0 heterocycles. The largest absolute Gasteiger partial charge is 0.497 e. The van der Waals surface area contributed by atoms with Crippen LogP contribution in [0.4, 0.5) is 5.69 Å². The van der Waals surface area contributed by atoms with Crippen LogP contribution in [-0.2, 0) is 26.2 Å². The average molecular weight is 552 g/mol. The molecule has 0 aliphatic heterocycles. The predicted molar refractivity (Wildman–Crippen MR) is 153 cm³/mol. The van der Waals surface area contributed by atoms with Crippen LogP contribution < -0.4 is 14.4 Å². The second-order valence-electron chi connectivity index (χ2n) is 9.53. The van der Waals surface area contributed by atoms with E-state index >= 15 is 0 Å². The van der Waals surface area contributed by atoms with Crippen LogP contribution in [0.15, 0.2) is 83.8 Å². The van der Waals surface area contributed by atoms with Crippen molar-refractivity contribution < 1.29 is 22.7 Å². The molecule has 2 amide bonds. The molecule has 0 aliphatic rings. The molecular formula is C30H37N3O5S. The second kappa shape index (κ2) is 13.3. The summed E-state index contributed by atoms with van der Waals surface area (Å²) in [6.07, 6.45) is 0.737. The Morgan fingerprint density at radius 2 is 1.62 bits per heavy atom. The Balaban J connectivity index is 2.01. The SMILES string of the molecule is CC[C@@H](C)NC(=O)[C@H](C)N(Cc1ccc(OC)cc1)C(=O)CN(c1cccc(C)c1)S(=O)(=O)c1ccccc1. The number of sulfonamides is 1. The van der Waals surface area contributed by atoms with Gasteiger partial charge in [-0.15, -0.1) is 0 Å².